The van der Waals surface area contributed by atoms with Crippen LogP contribution in [0.1, 0.15) is 0 Å². The lowest BCUT2D eigenvalue weighted by molar-refractivity contribution is 0.122. The lowest BCUT2D eigenvalue weighted by atomic mass is 10.4. The highest BCUT2D eigenvalue weighted by Crippen LogP contribution is 2.49. The van der Waals surface area contributed by atoms with Gasteiger partial charge in [0.05, 0.1) is 20.3 Å². The van der Waals surface area contributed by atoms with E-state index in [2.05, 4.69) is 95.9 Å². The van der Waals surface area contributed by atoms with E-state index in [1.807, 2.05) is 0 Å². The summed E-state index contributed by atoms with van der Waals surface area (Å²) in [7, 11) is -2.39. The van der Waals surface area contributed by atoms with Crippen molar-refractivity contribution >= 4 is 34.6 Å². The summed E-state index contributed by atoms with van der Waals surface area (Å²) >= 11 is 0. The highest BCUT2D eigenvalue weighted by atomic mass is 31.2. The first-order valence-electron chi connectivity index (χ1n) is 10.8. The minimum absolute atomic E-state index is 0.680. The Morgan fingerprint density at radius 1 is 0.656 bits per heavy atom. The molecule has 0 atom stereocenters. The number of nitrogens with zero attached hydrogens (tertiary/aromatic N) is 4. The third-order valence-electron chi connectivity index (χ3n) is 5.61. The van der Waals surface area contributed by atoms with E-state index in [-0.39, 0.29) is 0 Å². The van der Waals surface area contributed by atoms with Gasteiger partial charge in [-0.1, -0.05) is 91.0 Å². The Kier molecular flexibility index (Phi) is 6.11. The predicted octanol–water partition coefficient (Wildman–Crippen LogP) is 4.12. The number of rotatable bonds is 5. The molecule has 0 bridgehead atoms. The number of anilines is 1. The molecule has 1 aliphatic heterocycles. The monoisotopic (exact) mass is 440 g/mol. The molecule has 32 heavy (non-hydrogen) atoms. The minimum Gasteiger partial charge on any atom is -0.378 e. The van der Waals surface area contributed by atoms with Gasteiger partial charge in [-0.25, -0.2) is 14.7 Å². The first kappa shape index (κ1) is 20.6. The molecule has 1 aromatic heterocycles. The summed E-state index contributed by atoms with van der Waals surface area (Å²) in [6, 6.07) is 31.8. The smallest absolute Gasteiger partial charge is 0.195 e. The minimum atomic E-state index is -2.39. The zero-order chi connectivity index (χ0) is 21.6. The van der Waals surface area contributed by atoms with Crippen molar-refractivity contribution in [1.29, 1.82) is 0 Å². The Labute approximate surface area is 188 Å². The quantitative estimate of drug-likeness (QED) is 0.438. The topological polar surface area (TPSA) is 50.6 Å². The Balaban J connectivity index is 1.83. The number of ether oxygens (including phenoxy) is 1. The van der Waals surface area contributed by atoms with Crippen molar-refractivity contribution in [2.24, 2.45) is 4.74 Å². The third kappa shape index (κ3) is 3.97. The van der Waals surface area contributed by atoms with E-state index in [4.69, 9.17) is 19.4 Å². The number of benzene rings is 3. The van der Waals surface area contributed by atoms with Crippen molar-refractivity contribution in [3.63, 3.8) is 0 Å². The highest BCUT2D eigenvalue weighted by Gasteiger charge is 2.29. The van der Waals surface area contributed by atoms with Gasteiger partial charge in [0.2, 0.25) is 0 Å². The van der Waals surface area contributed by atoms with Crippen LogP contribution in [0, 0.1) is 0 Å². The number of aromatic nitrogens is 2. The summed E-state index contributed by atoms with van der Waals surface area (Å²) in [4.78, 5) is 11.7. The Bertz CT molecular complexity index is 1110. The molecule has 1 aliphatic rings. The fourth-order valence-corrected chi connectivity index (χ4v) is 7.56. The van der Waals surface area contributed by atoms with Crippen molar-refractivity contribution in [2.45, 2.75) is 0 Å². The van der Waals surface area contributed by atoms with Gasteiger partial charge in [-0.05, 0) is 0 Å². The maximum Gasteiger partial charge on any atom is 0.195 e. The molecule has 5 nitrogen and oxygen atoms in total. The van der Waals surface area contributed by atoms with E-state index in [9.17, 15) is 0 Å². The van der Waals surface area contributed by atoms with Crippen LogP contribution in [0.2, 0.25) is 0 Å². The molecule has 0 radical (unpaired) electrons. The van der Waals surface area contributed by atoms with E-state index in [1.54, 1.807) is 12.4 Å². The van der Waals surface area contributed by atoms with Crippen LogP contribution in [0.4, 0.5) is 11.6 Å². The largest absolute Gasteiger partial charge is 0.378 e. The molecule has 160 valence electrons. The summed E-state index contributed by atoms with van der Waals surface area (Å²) in [5.74, 6) is 1.50. The number of hydrogen-bond donors (Lipinski definition) is 0. The van der Waals surface area contributed by atoms with Crippen LogP contribution >= 0.6 is 7.05 Å². The van der Waals surface area contributed by atoms with E-state index < -0.39 is 7.05 Å². The molecule has 0 spiro atoms. The van der Waals surface area contributed by atoms with Crippen LogP contribution < -0.4 is 20.8 Å². The van der Waals surface area contributed by atoms with Crippen LogP contribution in [-0.4, -0.2) is 36.3 Å². The summed E-state index contributed by atoms with van der Waals surface area (Å²) < 4.78 is 11.1. The first-order valence-corrected chi connectivity index (χ1v) is 12.5. The lowest BCUT2D eigenvalue weighted by Crippen LogP contribution is -2.37. The van der Waals surface area contributed by atoms with Gasteiger partial charge in [0.1, 0.15) is 0 Å². The normalized spacial score (nSPS) is 14.2. The average molecular weight is 440 g/mol. The molecule has 5 rings (SSSR count). The van der Waals surface area contributed by atoms with Crippen molar-refractivity contribution < 1.29 is 4.74 Å². The standard InChI is InChI=1S/C26H25N4OP/c1-4-10-22(11-5-1)32(23-12-6-2-7-13-23,24-14-8-3-9-15-24)29-25-26(28-17-16-27-25)30-18-20-31-21-19-30/h1-17H,18-21H2. The first-order chi connectivity index (χ1) is 15.9. The number of hydrogen-bond acceptors (Lipinski definition) is 5. The third-order valence-corrected chi connectivity index (χ3v) is 9.23. The van der Waals surface area contributed by atoms with Gasteiger partial charge in [-0.3, -0.25) is 0 Å². The molecular weight excluding hydrogens is 415 g/mol. The number of morpholine rings is 1. The highest BCUT2D eigenvalue weighted by molar-refractivity contribution is 7.87. The van der Waals surface area contributed by atoms with Gasteiger partial charge in [-0.2, -0.15) is 0 Å². The molecule has 1 fully saturated rings. The fourth-order valence-electron chi connectivity index (χ4n) is 4.09. The molecule has 0 saturated carbocycles. The van der Waals surface area contributed by atoms with E-state index >= 15 is 0 Å². The van der Waals surface area contributed by atoms with Gasteiger partial charge >= 0.3 is 0 Å². The van der Waals surface area contributed by atoms with Crippen molar-refractivity contribution in [3.05, 3.63) is 103 Å². The summed E-state index contributed by atoms with van der Waals surface area (Å²) in [5, 5.41) is 3.57. The van der Waals surface area contributed by atoms with Gasteiger partial charge in [0, 0.05) is 41.4 Å². The Morgan fingerprint density at radius 3 is 1.62 bits per heavy atom. The summed E-state index contributed by atoms with van der Waals surface area (Å²) in [5.41, 5.74) is 0. The van der Waals surface area contributed by atoms with Crippen LogP contribution in [0.25, 0.3) is 0 Å². The van der Waals surface area contributed by atoms with Crippen LogP contribution in [0.5, 0.6) is 0 Å². The second-order valence-corrected chi connectivity index (χ2v) is 10.6. The molecule has 0 aliphatic carbocycles. The molecule has 0 N–H and O–H groups in total. The summed E-state index contributed by atoms with van der Waals surface area (Å²) in [6.07, 6.45) is 3.48. The predicted molar refractivity (Wildman–Crippen MR) is 132 cm³/mol. The lowest BCUT2D eigenvalue weighted by Gasteiger charge is -2.30. The molecule has 6 heteroatoms. The molecule has 4 aromatic rings. The van der Waals surface area contributed by atoms with Crippen molar-refractivity contribution in [3.8, 4) is 0 Å². The van der Waals surface area contributed by atoms with Crippen LogP contribution in [0.3, 0.4) is 0 Å². The van der Waals surface area contributed by atoms with Crippen LogP contribution in [0.15, 0.2) is 108 Å². The molecule has 3 aromatic carbocycles. The van der Waals surface area contributed by atoms with E-state index in [1.165, 1.54) is 15.9 Å². The second kappa shape index (κ2) is 9.47. The SMILES string of the molecule is c1ccc(P(=Nc2nccnc2N2CCOCC2)(c2ccccc2)c2ccccc2)cc1. The van der Waals surface area contributed by atoms with E-state index in [0.717, 1.165) is 18.9 Å². The zero-order valence-electron chi connectivity index (χ0n) is 17.8. The van der Waals surface area contributed by atoms with Crippen molar-refractivity contribution in [1.82, 2.24) is 9.97 Å². The summed E-state index contributed by atoms with van der Waals surface area (Å²) in [6.45, 7) is 2.95. The molecule has 0 amide bonds. The molecule has 0 unspecified atom stereocenters. The van der Waals surface area contributed by atoms with Crippen molar-refractivity contribution in [2.75, 3.05) is 31.2 Å². The van der Waals surface area contributed by atoms with Gasteiger partial charge in [0.25, 0.3) is 0 Å². The fraction of sp³-hybridized carbons (Fsp3) is 0.154. The molecule has 1 saturated heterocycles. The van der Waals surface area contributed by atoms with Gasteiger partial charge in [-0.15, -0.1) is 0 Å². The van der Waals surface area contributed by atoms with Gasteiger partial charge < -0.3 is 9.64 Å². The molecular formula is C26H25N4OP. The zero-order valence-corrected chi connectivity index (χ0v) is 18.7. The van der Waals surface area contributed by atoms with E-state index in [0.29, 0.717) is 19.0 Å². The maximum absolute atomic E-state index is 5.56. The maximum atomic E-state index is 5.56. The average Bonchev–Trinajstić information content (AvgIpc) is 2.89. The Morgan fingerprint density at radius 2 is 1.12 bits per heavy atom. The second-order valence-electron chi connectivity index (χ2n) is 7.55. The van der Waals surface area contributed by atoms with Gasteiger partial charge in [0.15, 0.2) is 11.6 Å². The Hall–Kier alpha value is -3.27. The van der Waals surface area contributed by atoms with Crippen LogP contribution in [-0.2, 0) is 4.74 Å². The molecule has 2 heterocycles.